The molecule has 3 aromatic carbocycles. The van der Waals surface area contributed by atoms with Crippen LogP contribution in [0.1, 0.15) is 10.4 Å². The zero-order valence-electron chi connectivity index (χ0n) is 14.8. The van der Waals surface area contributed by atoms with Crippen LogP contribution in [0.5, 0.6) is 0 Å². The summed E-state index contributed by atoms with van der Waals surface area (Å²) in [6.07, 6.45) is 0. The largest absolute Gasteiger partial charge is 0.331 e. The lowest BCUT2D eigenvalue weighted by atomic mass is 10.2. The van der Waals surface area contributed by atoms with Crippen molar-refractivity contribution >= 4 is 73.7 Å². The first-order valence-corrected chi connectivity index (χ1v) is 10.5. The van der Waals surface area contributed by atoms with Gasteiger partial charge >= 0.3 is 0 Å². The zero-order valence-corrected chi connectivity index (χ0v) is 17.9. The molecular weight excluding hydrogens is 445 g/mol. The minimum Gasteiger partial charge on any atom is -0.331 e. The molecule has 0 spiro atoms. The molecule has 0 radical (unpaired) electrons. The topological polar surface area (TPSA) is 54.0 Å². The van der Waals surface area contributed by atoms with Crippen LogP contribution in [0.15, 0.2) is 66.7 Å². The first-order valence-electron chi connectivity index (χ1n) is 8.53. The second-order valence-electron chi connectivity index (χ2n) is 6.10. The van der Waals surface area contributed by atoms with Gasteiger partial charge in [0.05, 0.1) is 20.9 Å². The molecule has 4 nitrogen and oxygen atoms in total. The SMILES string of the molecule is O=C(NC(=S)Nc1cc(-c2nc3ccccc3s2)ccc1Cl)c1cccc(Cl)c1. The van der Waals surface area contributed by atoms with Crippen molar-refractivity contribution in [1.29, 1.82) is 0 Å². The van der Waals surface area contributed by atoms with E-state index in [2.05, 4.69) is 15.6 Å². The number of fused-ring (bicyclic) bond motifs is 1. The van der Waals surface area contributed by atoms with Crippen LogP contribution < -0.4 is 10.6 Å². The average molecular weight is 458 g/mol. The number of thiazole rings is 1. The third-order valence-corrected chi connectivity index (χ3v) is 5.92. The monoisotopic (exact) mass is 457 g/mol. The van der Waals surface area contributed by atoms with Gasteiger partial charge in [0.15, 0.2) is 5.11 Å². The van der Waals surface area contributed by atoms with E-state index in [1.54, 1.807) is 41.7 Å². The molecule has 0 saturated carbocycles. The Bertz CT molecular complexity index is 1210. The second kappa shape index (κ2) is 8.47. The number of halogens is 2. The standard InChI is InChI=1S/C21H13Cl2N3OS2/c22-14-5-3-4-12(10-14)19(27)26-21(28)25-17-11-13(8-9-15(17)23)20-24-16-6-1-2-7-18(16)29-20/h1-11H,(H2,25,26,27,28). The molecule has 0 unspecified atom stereocenters. The van der Waals surface area contributed by atoms with Gasteiger partial charge in [0.2, 0.25) is 0 Å². The van der Waals surface area contributed by atoms with Gasteiger partial charge in [-0.25, -0.2) is 4.98 Å². The number of hydrogen-bond acceptors (Lipinski definition) is 4. The number of hydrogen-bond donors (Lipinski definition) is 2. The van der Waals surface area contributed by atoms with Crippen molar-refractivity contribution in [1.82, 2.24) is 10.3 Å². The number of aromatic nitrogens is 1. The van der Waals surface area contributed by atoms with Crippen molar-refractivity contribution in [3.63, 3.8) is 0 Å². The van der Waals surface area contributed by atoms with Crippen molar-refractivity contribution in [3.05, 3.63) is 82.3 Å². The summed E-state index contributed by atoms with van der Waals surface area (Å²) in [7, 11) is 0. The molecule has 144 valence electrons. The lowest BCUT2D eigenvalue weighted by molar-refractivity contribution is 0.0977. The molecule has 2 N–H and O–H groups in total. The number of carbonyl (C=O) groups is 1. The molecule has 0 saturated heterocycles. The van der Waals surface area contributed by atoms with Crippen LogP contribution in [0.2, 0.25) is 10.0 Å². The van der Waals surface area contributed by atoms with Crippen molar-refractivity contribution < 1.29 is 4.79 Å². The average Bonchev–Trinajstić information content (AvgIpc) is 3.14. The number of benzene rings is 3. The van der Waals surface area contributed by atoms with Crippen LogP contribution in [-0.2, 0) is 0 Å². The van der Waals surface area contributed by atoms with Gasteiger partial charge in [0.1, 0.15) is 5.01 Å². The highest BCUT2D eigenvalue weighted by molar-refractivity contribution is 7.80. The van der Waals surface area contributed by atoms with Crippen LogP contribution in [0.25, 0.3) is 20.8 Å². The van der Waals surface area contributed by atoms with Gasteiger partial charge in [-0.3, -0.25) is 10.1 Å². The molecule has 0 aliphatic heterocycles. The van der Waals surface area contributed by atoms with Crippen LogP contribution in [-0.4, -0.2) is 16.0 Å². The van der Waals surface area contributed by atoms with Crippen LogP contribution in [0.3, 0.4) is 0 Å². The first-order chi connectivity index (χ1) is 14.0. The summed E-state index contributed by atoms with van der Waals surface area (Å²) >= 11 is 19.1. The van der Waals surface area contributed by atoms with Gasteiger partial charge in [-0.1, -0.05) is 47.5 Å². The summed E-state index contributed by atoms with van der Waals surface area (Å²) in [6.45, 7) is 0. The fraction of sp³-hybridized carbons (Fsp3) is 0. The second-order valence-corrected chi connectivity index (χ2v) is 8.38. The number of nitrogens with one attached hydrogen (secondary N) is 2. The fourth-order valence-corrected chi connectivity index (χ4v) is 4.23. The van der Waals surface area contributed by atoms with E-state index in [0.29, 0.717) is 21.3 Å². The smallest absolute Gasteiger partial charge is 0.257 e. The molecular formula is C21H13Cl2N3OS2. The molecule has 0 aliphatic rings. The van der Waals surface area contributed by atoms with Crippen LogP contribution in [0, 0.1) is 0 Å². The number of thiocarbonyl (C=S) groups is 1. The summed E-state index contributed by atoms with van der Waals surface area (Å²) in [6, 6.07) is 20.1. The minimum absolute atomic E-state index is 0.137. The Labute approximate surface area is 186 Å². The number of para-hydroxylation sites is 1. The molecule has 0 bridgehead atoms. The van der Waals surface area contributed by atoms with Gasteiger partial charge in [0.25, 0.3) is 5.91 Å². The van der Waals surface area contributed by atoms with E-state index < -0.39 is 0 Å². The third kappa shape index (κ3) is 4.57. The molecule has 0 aliphatic carbocycles. The van der Waals surface area contributed by atoms with Gasteiger partial charge in [-0.05, 0) is 54.7 Å². The lowest BCUT2D eigenvalue weighted by Crippen LogP contribution is -2.34. The highest BCUT2D eigenvalue weighted by Crippen LogP contribution is 2.33. The predicted octanol–water partition coefficient (Wildman–Crippen LogP) is 6.40. The van der Waals surface area contributed by atoms with Crippen molar-refractivity contribution in [2.24, 2.45) is 0 Å². The highest BCUT2D eigenvalue weighted by atomic mass is 35.5. The number of carbonyl (C=O) groups excluding carboxylic acids is 1. The molecule has 0 fully saturated rings. The van der Waals surface area contributed by atoms with E-state index >= 15 is 0 Å². The summed E-state index contributed by atoms with van der Waals surface area (Å²) in [5.41, 5.74) is 2.85. The van der Waals surface area contributed by atoms with Crippen molar-refractivity contribution in [3.8, 4) is 10.6 Å². The van der Waals surface area contributed by atoms with Crippen LogP contribution >= 0.6 is 46.8 Å². The molecule has 0 atom stereocenters. The van der Waals surface area contributed by atoms with Gasteiger partial charge in [0, 0.05) is 16.1 Å². The quantitative estimate of drug-likeness (QED) is 0.349. The Hall–Kier alpha value is -2.51. The van der Waals surface area contributed by atoms with E-state index in [1.807, 2.05) is 36.4 Å². The zero-order chi connectivity index (χ0) is 20.4. The fourth-order valence-electron chi connectivity index (χ4n) is 2.71. The minimum atomic E-state index is -0.358. The van der Waals surface area contributed by atoms with Gasteiger partial charge < -0.3 is 5.32 Å². The van der Waals surface area contributed by atoms with E-state index in [9.17, 15) is 4.79 Å². The molecule has 29 heavy (non-hydrogen) atoms. The summed E-state index contributed by atoms with van der Waals surface area (Å²) in [4.78, 5) is 17.0. The number of amides is 1. The van der Waals surface area contributed by atoms with E-state index in [4.69, 9.17) is 35.4 Å². The lowest BCUT2D eigenvalue weighted by Gasteiger charge is -2.12. The number of anilines is 1. The highest BCUT2D eigenvalue weighted by Gasteiger charge is 2.12. The summed E-state index contributed by atoms with van der Waals surface area (Å²) < 4.78 is 1.11. The molecule has 1 heterocycles. The van der Waals surface area contributed by atoms with Gasteiger partial charge in [-0.15, -0.1) is 11.3 Å². The van der Waals surface area contributed by atoms with E-state index in [0.717, 1.165) is 20.8 Å². The number of nitrogens with zero attached hydrogens (tertiary/aromatic N) is 1. The van der Waals surface area contributed by atoms with Gasteiger partial charge in [-0.2, -0.15) is 0 Å². The molecule has 1 aromatic heterocycles. The maximum Gasteiger partial charge on any atom is 0.257 e. The Morgan fingerprint density at radius 1 is 1.00 bits per heavy atom. The summed E-state index contributed by atoms with van der Waals surface area (Å²) in [5.74, 6) is -0.358. The van der Waals surface area contributed by atoms with Crippen LogP contribution in [0.4, 0.5) is 5.69 Å². The normalized spacial score (nSPS) is 10.7. The molecule has 8 heteroatoms. The Kier molecular flexibility index (Phi) is 5.78. The third-order valence-electron chi connectivity index (χ3n) is 4.07. The Balaban J connectivity index is 1.53. The Morgan fingerprint density at radius 3 is 2.62 bits per heavy atom. The predicted molar refractivity (Wildman–Crippen MR) is 125 cm³/mol. The summed E-state index contributed by atoms with van der Waals surface area (Å²) in [5, 5.41) is 7.58. The number of rotatable bonds is 3. The van der Waals surface area contributed by atoms with Crippen molar-refractivity contribution in [2.45, 2.75) is 0 Å². The van der Waals surface area contributed by atoms with E-state index in [-0.39, 0.29) is 11.0 Å². The molecule has 4 aromatic rings. The molecule has 1 amide bonds. The maximum atomic E-state index is 12.3. The molecule has 4 rings (SSSR count). The van der Waals surface area contributed by atoms with Crippen molar-refractivity contribution in [2.75, 3.05) is 5.32 Å². The Morgan fingerprint density at radius 2 is 1.83 bits per heavy atom. The van der Waals surface area contributed by atoms with E-state index in [1.165, 1.54) is 0 Å². The maximum absolute atomic E-state index is 12.3. The first kappa shape index (κ1) is 19.8.